The van der Waals surface area contributed by atoms with E-state index in [2.05, 4.69) is 9.97 Å². The second-order valence-corrected chi connectivity index (χ2v) is 7.75. The Hall–Kier alpha value is -2.94. The molecule has 0 amide bonds. The molecule has 1 atom stereocenters. The van der Waals surface area contributed by atoms with Gasteiger partial charge in [0.2, 0.25) is 0 Å². The molecule has 1 aromatic carbocycles. The molecule has 0 aliphatic carbocycles. The summed E-state index contributed by atoms with van der Waals surface area (Å²) in [5.74, 6) is -0.431. The summed E-state index contributed by atoms with van der Waals surface area (Å²) >= 11 is 0. The van der Waals surface area contributed by atoms with Crippen molar-refractivity contribution in [1.82, 2.24) is 14.5 Å². The van der Waals surface area contributed by atoms with Crippen LogP contribution < -0.4 is 5.56 Å². The lowest BCUT2D eigenvalue weighted by molar-refractivity contribution is -0.141. The topological polar surface area (TPSA) is 88.2 Å². The van der Waals surface area contributed by atoms with Crippen LogP contribution in [0.4, 0.5) is 13.2 Å². The van der Waals surface area contributed by atoms with E-state index in [1.807, 2.05) is 0 Å². The number of nitrogens with zero attached hydrogens (tertiary/aromatic N) is 3. The summed E-state index contributed by atoms with van der Waals surface area (Å²) in [5.41, 5.74) is -1.13. The molecule has 2 N–H and O–H groups in total. The van der Waals surface area contributed by atoms with Crippen LogP contribution in [-0.4, -0.2) is 24.7 Å². The second kappa shape index (κ2) is 7.71. The second-order valence-electron chi connectivity index (χ2n) is 7.75. The van der Waals surface area contributed by atoms with Crippen LogP contribution >= 0.6 is 0 Å². The molecule has 0 aliphatic heterocycles. The Morgan fingerprint density at radius 3 is 2.23 bits per heavy atom. The highest BCUT2D eigenvalue weighted by atomic mass is 19.4. The molecule has 3 rings (SSSR count). The number of pyridine rings is 1. The van der Waals surface area contributed by atoms with Crippen LogP contribution in [0.25, 0.3) is 16.6 Å². The van der Waals surface area contributed by atoms with Crippen LogP contribution in [-0.2, 0) is 6.18 Å². The number of halogens is 3. The molecule has 0 radical (unpaired) electrons. The van der Waals surface area contributed by atoms with Gasteiger partial charge in [-0.15, -0.1) is 0 Å². The van der Waals surface area contributed by atoms with E-state index in [4.69, 9.17) is 0 Å². The molecule has 2 aromatic heterocycles. The highest BCUT2D eigenvalue weighted by molar-refractivity contribution is 5.84. The van der Waals surface area contributed by atoms with Crippen molar-refractivity contribution in [2.45, 2.75) is 45.9 Å². The fourth-order valence-electron chi connectivity index (χ4n) is 3.23. The normalized spacial score (nSPS) is 13.4. The smallest absolute Gasteiger partial charge is 0.433 e. The van der Waals surface area contributed by atoms with Gasteiger partial charge >= 0.3 is 6.18 Å². The first-order valence-electron chi connectivity index (χ1n) is 9.43. The number of phenolic OH excluding ortho intramolecular Hbond substituents is 1. The van der Waals surface area contributed by atoms with Crippen molar-refractivity contribution in [3.8, 4) is 11.4 Å². The maximum atomic E-state index is 13.3. The van der Waals surface area contributed by atoms with Crippen molar-refractivity contribution in [3.63, 3.8) is 0 Å². The summed E-state index contributed by atoms with van der Waals surface area (Å²) in [7, 11) is 0. The van der Waals surface area contributed by atoms with Crippen LogP contribution in [0.15, 0.2) is 35.3 Å². The van der Waals surface area contributed by atoms with Crippen molar-refractivity contribution in [3.05, 3.63) is 57.9 Å². The SMILES string of the molecule is CC(C)c1nc2c(C(O)C(C)C)c(O)ccc2c(=O)n1-c1ccc(C(F)(F)F)nc1. The number of phenols is 1. The van der Waals surface area contributed by atoms with Gasteiger partial charge in [-0.1, -0.05) is 27.7 Å². The number of alkyl halides is 3. The van der Waals surface area contributed by atoms with Gasteiger partial charge in [0.25, 0.3) is 5.56 Å². The number of aliphatic hydroxyl groups is 1. The van der Waals surface area contributed by atoms with E-state index in [1.165, 1.54) is 22.8 Å². The Bertz CT molecular complexity index is 1140. The van der Waals surface area contributed by atoms with Gasteiger partial charge in [-0.3, -0.25) is 9.36 Å². The number of hydrogen-bond donors (Lipinski definition) is 2. The highest BCUT2D eigenvalue weighted by Crippen LogP contribution is 2.35. The summed E-state index contributed by atoms with van der Waals surface area (Å²) in [5, 5.41) is 21.0. The lowest BCUT2D eigenvalue weighted by Crippen LogP contribution is -2.26. The molecule has 0 saturated heterocycles. The molecule has 0 spiro atoms. The summed E-state index contributed by atoms with van der Waals surface area (Å²) in [6, 6.07) is 4.66. The fraction of sp³-hybridized carbons (Fsp3) is 0.381. The zero-order valence-corrected chi connectivity index (χ0v) is 16.9. The molecule has 0 bridgehead atoms. The third-order valence-corrected chi connectivity index (χ3v) is 4.82. The first-order valence-corrected chi connectivity index (χ1v) is 9.43. The van der Waals surface area contributed by atoms with Crippen LogP contribution in [0.2, 0.25) is 0 Å². The summed E-state index contributed by atoms with van der Waals surface area (Å²) < 4.78 is 39.8. The van der Waals surface area contributed by atoms with Crippen molar-refractivity contribution in [1.29, 1.82) is 0 Å². The predicted molar refractivity (Wildman–Crippen MR) is 106 cm³/mol. The molecular formula is C21H22F3N3O3. The minimum Gasteiger partial charge on any atom is -0.507 e. The number of aromatic nitrogens is 3. The van der Waals surface area contributed by atoms with E-state index in [-0.39, 0.29) is 45.6 Å². The van der Waals surface area contributed by atoms with Gasteiger partial charge in [0.1, 0.15) is 17.3 Å². The lowest BCUT2D eigenvalue weighted by atomic mass is 9.95. The number of aromatic hydroxyl groups is 1. The summed E-state index contributed by atoms with van der Waals surface area (Å²) in [6.45, 7) is 7.09. The lowest BCUT2D eigenvalue weighted by Gasteiger charge is -2.21. The van der Waals surface area contributed by atoms with E-state index in [1.54, 1.807) is 27.7 Å². The minimum absolute atomic E-state index is 0.131. The molecule has 0 saturated carbocycles. The standard InChI is InChI=1S/C21H22F3N3O3/c1-10(2)18(29)16-14(28)7-6-13-17(16)26-19(11(3)4)27(20(13)30)12-5-8-15(25-9-12)21(22,23)24/h5-11,18,28-29H,1-4H3. The quantitative estimate of drug-likeness (QED) is 0.655. The van der Waals surface area contributed by atoms with Gasteiger partial charge in [-0.05, 0) is 30.2 Å². The van der Waals surface area contributed by atoms with Crippen LogP contribution in [0.5, 0.6) is 5.75 Å². The molecule has 6 nitrogen and oxygen atoms in total. The van der Waals surface area contributed by atoms with Gasteiger partial charge in [0.05, 0.1) is 28.9 Å². The van der Waals surface area contributed by atoms with Crippen LogP contribution in [0, 0.1) is 5.92 Å². The largest absolute Gasteiger partial charge is 0.507 e. The molecular weight excluding hydrogens is 399 g/mol. The van der Waals surface area contributed by atoms with E-state index in [0.717, 1.165) is 12.3 Å². The molecule has 30 heavy (non-hydrogen) atoms. The van der Waals surface area contributed by atoms with Crippen LogP contribution in [0.3, 0.4) is 0 Å². The zero-order chi connectivity index (χ0) is 22.4. The van der Waals surface area contributed by atoms with Crippen molar-refractivity contribution in [2.75, 3.05) is 0 Å². The third-order valence-electron chi connectivity index (χ3n) is 4.82. The van der Waals surface area contributed by atoms with Crippen LogP contribution in [0.1, 0.15) is 56.8 Å². The van der Waals surface area contributed by atoms with Gasteiger partial charge in [-0.25, -0.2) is 9.97 Å². The molecule has 9 heteroatoms. The van der Waals surface area contributed by atoms with Crippen molar-refractivity contribution in [2.24, 2.45) is 5.92 Å². The number of hydrogen-bond acceptors (Lipinski definition) is 5. The number of rotatable bonds is 4. The Balaban J connectivity index is 2.34. The number of benzene rings is 1. The average molecular weight is 421 g/mol. The monoisotopic (exact) mass is 421 g/mol. The number of aliphatic hydroxyl groups excluding tert-OH is 1. The summed E-state index contributed by atoms with van der Waals surface area (Å²) in [4.78, 5) is 21.3. The Morgan fingerprint density at radius 1 is 1.07 bits per heavy atom. The Labute approximate surface area is 170 Å². The highest BCUT2D eigenvalue weighted by Gasteiger charge is 2.32. The Morgan fingerprint density at radius 2 is 1.73 bits per heavy atom. The maximum absolute atomic E-state index is 13.3. The molecule has 160 valence electrons. The minimum atomic E-state index is -4.59. The molecule has 3 aromatic rings. The van der Waals surface area contributed by atoms with Gasteiger partial charge < -0.3 is 10.2 Å². The molecule has 1 unspecified atom stereocenters. The van der Waals surface area contributed by atoms with E-state index in [9.17, 15) is 28.2 Å². The zero-order valence-electron chi connectivity index (χ0n) is 16.9. The van der Waals surface area contributed by atoms with Crippen molar-refractivity contribution < 1.29 is 23.4 Å². The van der Waals surface area contributed by atoms with E-state index >= 15 is 0 Å². The van der Waals surface area contributed by atoms with Gasteiger partial charge in [-0.2, -0.15) is 13.2 Å². The maximum Gasteiger partial charge on any atom is 0.433 e. The van der Waals surface area contributed by atoms with Gasteiger partial charge in [0.15, 0.2) is 0 Å². The molecule has 0 aliphatic rings. The molecule has 0 fully saturated rings. The van der Waals surface area contributed by atoms with E-state index in [0.29, 0.717) is 0 Å². The first-order chi connectivity index (χ1) is 13.9. The van der Waals surface area contributed by atoms with Gasteiger partial charge in [0, 0.05) is 11.5 Å². The summed E-state index contributed by atoms with van der Waals surface area (Å²) in [6.07, 6.45) is -4.66. The van der Waals surface area contributed by atoms with E-state index < -0.39 is 23.5 Å². The number of fused-ring (bicyclic) bond motifs is 1. The Kier molecular flexibility index (Phi) is 5.60. The fourth-order valence-corrected chi connectivity index (χ4v) is 3.23. The molecule has 2 heterocycles. The predicted octanol–water partition coefficient (Wildman–Crippen LogP) is 4.32. The van der Waals surface area contributed by atoms with Crippen molar-refractivity contribution >= 4 is 10.9 Å². The average Bonchev–Trinajstić information content (AvgIpc) is 2.66. The first kappa shape index (κ1) is 21.8. The third kappa shape index (κ3) is 3.77.